The number of fused-ring (bicyclic) bond motifs is 1. The van der Waals surface area contributed by atoms with E-state index in [2.05, 4.69) is 34.1 Å². The van der Waals surface area contributed by atoms with Gasteiger partial charge in [0.05, 0.1) is 18.7 Å². The van der Waals surface area contributed by atoms with E-state index in [1.165, 1.54) is 0 Å². The van der Waals surface area contributed by atoms with Crippen LogP contribution in [0.15, 0.2) is 52.0 Å². The van der Waals surface area contributed by atoms with Crippen LogP contribution in [-0.4, -0.2) is 29.4 Å². The number of halogens is 1. The molecule has 0 amide bonds. The summed E-state index contributed by atoms with van der Waals surface area (Å²) in [6, 6.07) is 14.3. The number of benzene rings is 2. The molecule has 28 heavy (non-hydrogen) atoms. The lowest BCUT2D eigenvalue weighted by Crippen LogP contribution is -1.99. The van der Waals surface area contributed by atoms with Crippen LogP contribution in [0, 0.1) is 0 Å². The van der Waals surface area contributed by atoms with Crippen LogP contribution < -0.4 is 0 Å². The Morgan fingerprint density at radius 2 is 1.71 bits per heavy atom. The molecule has 0 fully saturated rings. The molecule has 1 aromatic heterocycles. The number of hydrogen-bond acceptors (Lipinski definition) is 6. The first-order chi connectivity index (χ1) is 13.5. The molecule has 0 aliphatic rings. The molecule has 0 saturated carbocycles. The molecule has 0 atom stereocenters. The topological polar surface area (TPSA) is 44.2 Å². The molecule has 0 aliphatic heterocycles. The van der Waals surface area contributed by atoms with Crippen molar-refractivity contribution < 1.29 is 9.05 Å². The Kier molecular flexibility index (Phi) is 7.65. The second-order valence-corrected chi connectivity index (χ2v) is 11.5. The summed E-state index contributed by atoms with van der Waals surface area (Å²) in [5, 5.41) is 2.02. The van der Waals surface area contributed by atoms with Gasteiger partial charge in [0.15, 0.2) is 12.3 Å². The van der Waals surface area contributed by atoms with Crippen LogP contribution in [0.1, 0.15) is 19.4 Å². The van der Waals surface area contributed by atoms with Gasteiger partial charge in [-0.25, -0.2) is 9.97 Å². The zero-order valence-electron chi connectivity index (χ0n) is 16.0. The summed E-state index contributed by atoms with van der Waals surface area (Å²) in [4.78, 5) is 9.51. The van der Waals surface area contributed by atoms with Gasteiger partial charge in [-0.3, -0.25) is 0 Å². The lowest BCUT2D eigenvalue weighted by molar-refractivity contribution is 0.266. The Morgan fingerprint density at radius 3 is 2.32 bits per heavy atom. The van der Waals surface area contributed by atoms with E-state index in [4.69, 9.17) is 30.8 Å². The molecular weight excluding hydrogens is 475 g/mol. The highest BCUT2D eigenvalue weighted by atomic mass is 79.9. The quantitative estimate of drug-likeness (QED) is 0.197. The third-order valence-electron chi connectivity index (χ3n) is 4.06. The summed E-state index contributed by atoms with van der Waals surface area (Å²) in [7, 11) is 0. The van der Waals surface area contributed by atoms with Gasteiger partial charge in [-0.05, 0) is 55.7 Å². The molecule has 2 aromatic carbocycles. The zero-order valence-corrected chi connectivity index (χ0v) is 20.1. The van der Waals surface area contributed by atoms with Gasteiger partial charge >= 0.3 is 0 Å². The van der Waals surface area contributed by atoms with E-state index in [9.17, 15) is 0 Å². The van der Waals surface area contributed by atoms with E-state index in [1.54, 1.807) is 11.8 Å². The standard InChI is InChI=1S/C20H22BrN2O2PS2/c1-4-24-26(27,25-5-2)13-14-6-8-15(9-7-14)19-22-18-11-10-16(21)12-17(18)20(23-19)28-3/h6-12H,4-5,13H2,1-3H3. The van der Waals surface area contributed by atoms with E-state index < -0.39 is 6.49 Å². The van der Waals surface area contributed by atoms with E-state index in [0.717, 1.165) is 37.4 Å². The molecule has 148 valence electrons. The fraction of sp³-hybridized carbons (Fsp3) is 0.300. The minimum atomic E-state index is -2.28. The fourth-order valence-electron chi connectivity index (χ4n) is 2.86. The van der Waals surface area contributed by atoms with Gasteiger partial charge in [0, 0.05) is 21.6 Å². The first kappa shape index (κ1) is 21.9. The maximum Gasteiger partial charge on any atom is 0.193 e. The zero-order chi connectivity index (χ0) is 20.1. The van der Waals surface area contributed by atoms with Gasteiger partial charge in [0.2, 0.25) is 0 Å². The monoisotopic (exact) mass is 496 g/mol. The molecule has 0 radical (unpaired) electrons. The van der Waals surface area contributed by atoms with Crippen LogP contribution in [0.2, 0.25) is 0 Å². The molecule has 1 heterocycles. The van der Waals surface area contributed by atoms with Gasteiger partial charge in [0.1, 0.15) is 5.03 Å². The van der Waals surface area contributed by atoms with Crippen molar-refractivity contribution in [1.82, 2.24) is 9.97 Å². The van der Waals surface area contributed by atoms with Crippen LogP contribution >= 0.6 is 34.2 Å². The molecule has 0 unspecified atom stereocenters. The molecule has 0 aliphatic carbocycles. The SMILES string of the molecule is CCOP(=S)(Cc1ccc(-c2nc(SC)c3cc(Br)ccc3n2)cc1)OCC. The summed E-state index contributed by atoms with van der Waals surface area (Å²) in [6.45, 7) is 2.74. The summed E-state index contributed by atoms with van der Waals surface area (Å²) in [5.74, 6) is 0.722. The summed E-state index contributed by atoms with van der Waals surface area (Å²) >= 11 is 10.8. The van der Waals surface area contributed by atoms with Gasteiger partial charge in [-0.2, -0.15) is 0 Å². The highest BCUT2D eigenvalue weighted by molar-refractivity contribution is 9.10. The van der Waals surface area contributed by atoms with Crippen molar-refractivity contribution >= 4 is 56.9 Å². The lowest BCUT2D eigenvalue weighted by atomic mass is 10.1. The predicted molar refractivity (Wildman–Crippen MR) is 126 cm³/mol. The third-order valence-corrected chi connectivity index (χ3v) is 8.32. The van der Waals surface area contributed by atoms with Crippen molar-refractivity contribution in [2.75, 3.05) is 19.5 Å². The van der Waals surface area contributed by atoms with Crippen molar-refractivity contribution in [1.29, 1.82) is 0 Å². The number of thioether (sulfide) groups is 1. The Hall–Kier alpha value is -0.820. The predicted octanol–water partition coefficient (Wildman–Crippen LogP) is 6.66. The third kappa shape index (κ3) is 5.21. The molecule has 3 rings (SSSR count). The molecule has 0 N–H and O–H groups in total. The van der Waals surface area contributed by atoms with Crippen LogP contribution in [0.4, 0.5) is 0 Å². The Balaban J connectivity index is 1.91. The minimum absolute atomic E-state index is 0.563. The van der Waals surface area contributed by atoms with E-state index in [-0.39, 0.29) is 0 Å². The first-order valence-corrected chi connectivity index (χ1v) is 13.8. The summed E-state index contributed by atoms with van der Waals surface area (Å²) in [6.07, 6.45) is 2.65. The molecule has 0 spiro atoms. The minimum Gasteiger partial charge on any atom is -0.329 e. The van der Waals surface area contributed by atoms with Crippen molar-refractivity contribution in [3.05, 3.63) is 52.5 Å². The van der Waals surface area contributed by atoms with Crippen molar-refractivity contribution in [2.45, 2.75) is 25.0 Å². The average Bonchev–Trinajstić information content (AvgIpc) is 2.68. The fourth-order valence-corrected chi connectivity index (χ4v) is 6.57. The average molecular weight is 497 g/mol. The largest absolute Gasteiger partial charge is 0.329 e. The smallest absolute Gasteiger partial charge is 0.193 e. The second kappa shape index (κ2) is 9.79. The number of rotatable bonds is 8. The normalized spacial score (nSPS) is 11.9. The number of aromatic nitrogens is 2. The second-order valence-electron chi connectivity index (χ2n) is 6.02. The highest BCUT2D eigenvalue weighted by Crippen LogP contribution is 2.51. The number of hydrogen-bond donors (Lipinski definition) is 0. The first-order valence-electron chi connectivity index (χ1n) is 8.96. The Morgan fingerprint density at radius 1 is 1.04 bits per heavy atom. The lowest BCUT2D eigenvalue weighted by Gasteiger charge is -2.21. The maximum atomic E-state index is 5.75. The highest BCUT2D eigenvalue weighted by Gasteiger charge is 2.19. The van der Waals surface area contributed by atoms with E-state index in [1.807, 2.05) is 44.4 Å². The van der Waals surface area contributed by atoms with Crippen LogP contribution in [0.3, 0.4) is 0 Å². The number of nitrogens with zero attached hydrogens (tertiary/aromatic N) is 2. The Bertz CT molecular complexity index is 1010. The van der Waals surface area contributed by atoms with E-state index >= 15 is 0 Å². The van der Waals surface area contributed by atoms with Crippen molar-refractivity contribution in [3.8, 4) is 11.4 Å². The van der Waals surface area contributed by atoms with Crippen LogP contribution in [0.25, 0.3) is 22.3 Å². The van der Waals surface area contributed by atoms with Crippen molar-refractivity contribution in [3.63, 3.8) is 0 Å². The maximum absolute atomic E-state index is 5.75. The van der Waals surface area contributed by atoms with Crippen molar-refractivity contribution in [2.24, 2.45) is 0 Å². The molecular formula is C20H22BrN2O2PS2. The molecule has 0 bridgehead atoms. The summed E-state index contributed by atoms with van der Waals surface area (Å²) < 4.78 is 12.5. The molecule has 0 saturated heterocycles. The van der Waals surface area contributed by atoms with Crippen LogP contribution in [-0.2, 0) is 27.0 Å². The van der Waals surface area contributed by atoms with Gasteiger partial charge in [-0.1, -0.05) is 40.2 Å². The summed E-state index contributed by atoms with van der Waals surface area (Å²) in [5.41, 5.74) is 3.01. The van der Waals surface area contributed by atoms with Crippen LogP contribution in [0.5, 0.6) is 0 Å². The van der Waals surface area contributed by atoms with Gasteiger partial charge in [-0.15, -0.1) is 11.8 Å². The molecule has 4 nitrogen and oxygen atoms in total. The van der Waals surface area contributed by atoms with Gasteiger partial charge < -0.3 is 9.05 Å². The Labute approximate surface area is 183 Å². The van der Waals surface area contributed by atoms with E-state index in [0.29, 0.717) is 19.4 Å². The molecule has 3 aromatic rings. The van der Waals surface area contributed by atoms with Gasteiger partial charge in [0.25, 0.3) is 0 Å². The molecule has 8 heteroatoms.